The average Bonchev–Trinajstić information content (AvgIpc) is 4.14. The van der Waals surface area contributed by atoms with Gasteiger partial charge in [0.25, 0.3) is 11.8 Å². The van der Waals surface area contributed by atoms with E-state index in [9.17, 15) is 9.59 Å². The quantitative estimate of drug-likeness (QED) is 0.126. The van der Waals surface area contributed by atoms with E-state index < -0.39 is 0 Å². The summed E-state index contributed by atoms with van der Waals surface area (Å²) in [6, 6.07) is 18.8. The summed E-state index contributed by atoms with van der Waals surface area (Å²) >= 11 is 0. The number of anilines is 4. The molecule has 0 unspecified atom stereocenters. The SMILES string of the molecule is CC.CC.CC.CC.O=C1NCc2c(-c3cnc4ncccn34)ccc(Nc3ccccn3)c21.O=C1NCc2c(-c3cnc4ncccn34)ncc(Nc3ccccn3)c21. The van der Waals surface area contributed by atoms with Gasteiger partial charge >= 0.3 is 0 Å². The van der Waals surface area contributed by atoms with Crippen LogP contribution in [0, 0.1) is 0 Å². The van der Waals surface area contributed by atoms with Gasteiger partial charge in [-0.25, -0.2) is 29.9 Å². The Kier molecular flexibility index (Phi) is 15.5. The molecule has 308 valence electrons. The number of nitrogens with zero attached hydrogens (tertiary/aromatic N) is 9. The van der Waals surface area contributed by atoms with Crippen molar-refractivity contribution in [1.29, 1.82) is 0 Å². The van der Waals surface area contributed by atoms with Crippen molar-refractivity contribution in [2.24, 2.45) is 0 Å². The highest BCUT2D eigenvalue weighted by atomic mass is 16.2. The molecular formula is C45H51N13O2. The highest BCUT2D eigenvalue weighted by molar-refractivity contribution is 6.06. The van der Waals surface area contributed by atoms with Crippen molar-refractivity contribution in [2.45, 2.75) is 68.5 Å². The molecule has 0 atom stereocenters. The molecular weight excluding hydrogens is 755 g/mol. The molecule has 8 aromatic rings. The van der Waals surface area contributed by atoms with E-state index >= 15 is 0 Å². The summed E-state index contributed by atoms with van der Waals surface area (Å²) in [6.45, 7) is 16.9. The van der Waals surface area contributed by atoms with E-state index in [0.29, 0.717) is 58.8 Å². The van der Waals surface area contributed by atoms with E-state index in [0.717, 1.165) is 33.8 Å². The summed E-state index contributed by atoms with van der Waals surface area (Å²) in [7, 11) is 0. The lowest BCUT2D eigenvalue weighted by molar-refractivity contribution is 0.0958. The maximum atomic E-state index is 12.5. The summed E-state index contributed by atoms with van der Waals surface area (Å²) in [5.74, 6) is 2.35. The maximum Gasteiger partial charge on any atom is 0.254 e. The first-order valence-corrected chi connectivity index (χ1v) is 20.3. The van der Waals surface area contributed by atoms with Gasteiger partial charge < -0.3 is 21.3 Å². The second-order valence-electron chi connectivity index (χ2n) is 11.8. The van der Waals surface area contributed by atoms with Crippen molar-refractivity contribution in [3.05, 3.63) is 139 Å². The van der Waals surface area contributed by atoms with Crippen LogP contribution in [-0.4, -0.2) is 55.5 Å². The average molecular weight is 806 g/mol. The third kappa shape index (κ3) is 9.10. The highest BCUT2D eigenvalue weighted by Crippen LogP contribution is 2.36. The van der Waals surface area contributed by atoms with Gasteiger partial charge in [-0.1, -0.05) is 73.6 Å². The Bertz CT molecular complexity index is 2460. The fraction of sp³-hybridized carbons (Fsp3) is 0.222. The molecule has 2 amide bonds. The summed E-state index contributed by atoms with van der Waals surface area (Å²) in [5.41, 5.74) is 7.76. The second-order valence-corrected chi connectivity index (χ2v) is 11.8. The molecule has 0 aliphatic carbocycles. The first-order valence-electron chi connectivity index (χ1n) is 20.3. The molecule has 1 aromatic carbocycles. The van der Waals surface area contributed by atoms with E-state index in [1.165, 1.54) is 0 Å². The molecule has 2 aliphatic heterocycles. The minimum absolute atomic E-state index is 0.0905. The lowest BCUT2D eigenvalue weighted by Gasteiger charge is -2.12. The molecule has 7 aromatic heterocycles. The van der Waals surface area contributed by atoms with E-state index in [4.69, 9.17) is 0 Å². The number of pyridine rings is 3. The molecule has 4 N–H and O–H groups in total. The summed E-state index contributed by atoms with van der Waals surface area (Å²) in [6.07, 6.45) is 15.8. The van der Waals surface area contributed by atoms with Gasteiger partial charge in [-0.05, 0) is 48.0 Å². The molecule has 0 fully saturated rings. The molecule has 9 heterocycles. The first-order chi connectivity index (χ1) is 29.6. The molecule has 0 saturated carbocycles. The van der Waals surface area contributed by atoms with Crippen LogP contribution >= 0.6 is 0 Å². The van der Waals surface area contributed by atoms with Crippen LogP contribution in [0.2, 0.25) is 0 Å². The number of nitrogens with one attached hydrogen (secondary N) is 4. The number of fused-ring (bicyclic) bond motifs is 4. The fourth-order valence-corrected chi connectivity index (χ4v) is 6.43. The van der Waals surface area contributed by atoms with E-state index in [1.807, 2.05) is 137 Å². The Morgan fingerprint density at radius 1 is 0.500 bits per heavy atom. The Balaban J connectivity index is 0.000000196. The molecule has 0 saturated heterocycles. The van der Waals surface area contributed by atoms with Crippen LogP contribution < -0.4 is 21.3 Å². The van der Waals surface area contributed by atoms with Crippen molar-refractivity contribution in [2.75, 3.05) is 10.6 Å². The lowest BCUT2D eigenvalue weighted by Crippen LogP contribution is -2.13. The van der Waals surface area contributed by atoms with E-state index in [1.54, 1.807) is 43.4 Å². The van der Waals surface area contributed by atoms with Gasteiger partial charge in [0.05, 0.1) is 58.2 Å². The van der Waals surface area contributed by atoms with Gasteiger partial charge in [0.2, 0.25) is 11.6 Å². The van der Waals surface area contributed by atoms with Crippen LogP contribution in [0.3, 0.4) is 0 Å². The molecule has 0 bridgehead atoms. The van der Waals surface area contributed by atoms with Gasteiger partial charge in [-0.3, -0.25) is 23.4 Å². The molecule has 2 aliphatic rings. The topological polar surface area (TPSA) is 181 Å². The Morgan fingerprint density at radius 2 is 1.00 bits per heavy atom. The van der Waals surface area contributed by atoms with Crippen molar-refractivity contribution >= 4 is 46.4 Å². The second kappa shape index (κ2) is 21.3. The van der Waals surface area contributed by atoms with Crippen LogP contribution in [0.15, 0.2) is 116 Å². The predicted molar refractivity (Wildman–Crippen MR) is 237 cm³/mol. The fourth-order valence-electron chi connectivity index (χ4n) is 6.43. The van der Waals surface area contributed by atoms with Gasteiger partial charge in [-0.2, -0.15) is 0 Å². The molecule has 0 spiro atoms. The zero-order valence-corrected chi connectivity index (χ0v) is 35.2. The van der Waals surface area contributed by atoms with Crippen molar-refractivity contribution in [1.82, 2.24) is 54.3 Å². The minimum Gasteiger partial charge on any atom is -0.348 e. The minimum atomic E-state index is -0.131. The highest BCUT2D eigenvalue weighted by Gasteiger charge is 2.29. The maximum absolute atomic E-state index is 12.5. The van der Waals surface area contributed by atoms with Gasteiger partial charge in [0.1, 0.15) is 11.6 Å². The number of hydrogen-bond donors (Lipinski definition) is 4. The number of carbonyl (C=O) groups excluding carboxylic acids is 2. The lowest BCUT2D eigenvalue weighted by atomic mass is 9.99. The number of aromatic nitrogens is 9. The monoisotopic (exact) mass is 805 g/mol. The predicted octanol–water partition coefficient (Wildman–Crippen LogP) is 9.06. The van der Waals surface area contributed by atoms with E-state index in [-0.39, 0.29) is 11.8 Å². The van der Waals surface area contributed by atoms with Crippen LogP contribution in [0.1, 0.15) is 87.2 Å². The largest absolute Gasteiger partial charge is 0.348 e. The van der Waals surface area contributed by atoms with Crippen LogP contribution in [0.4, 0.5) is 23.0 Å². The summed E-state index contributed by atoms with van der Waals surface area (Å²) < 4.78 is 3.78. The smallest absolute Gasteiger partial charge is 0.254 e. The van der Waals surface area contributed by atoms with Crippen molar-refractivity contribution in [3.63, 3.8) is 0 Å². The number of imidazole rings is 2. The summed E-state index contributed by atoms with van der Waals surface area (Å²) in [4.78, 5) is 55.2. The number of benzene rings is 1. The first kappa shape index (κ1) is 43.6. The van der Waals surface area contributed by atoms with Gasteiger partial charge in [0, 0.05) is 61.4 Å². The Hall–Kier alpha value is -7.55. The standard InChI is InChI=1S/C19H14N6O.C18H13N7O.4C2H6/c26-18-17-13(10-22-18)12(15-11-23-19-21-8-3-9-25(15)19)5-6-14(17)24-16-4-1-2-7-20-16;26-17-15-11(8-22-17)16(13-10-23-18-20-6-3-7-25(13)18)21-9-12(15)24-14-4-1-2-5-19-14;4*1-2/h1-9,11H,10H2,(H,20,24)(H,22,26);1-7,9-10H,8H2,(H,19,24)(H,22,26);4*1-2H3. The summed E-state index contributed by atoms with van der Waals surface area (Å²) in [5, 5.41) is 12.2. The zero-order valence-electron chi connectivity index (χ0n) is 35.2. The van der Waals surface area contributed by atoms with Crippen molar-refractivity contribution < 1.29 is 9.59 Å². The van der Waals surface area contributed by atoms with Crippen LogP contribution in [0.25, 0.3) is 34.2 Å². The van der Waals surface area contributed by atoms with Crippen LogP contribution in [0.5, 0.6) is 0 Å². The Labute approximate surface area is 349 Å². The molecule has 10 rings (SSSR count). The van der Waals surface area contributed by atoms with Crippen LogP contribution in [-0.2, 0) is 13.1 Å². The molecule has 15 nitrogen and oxygen atoms in total. The zero-order chi connectivity index (χ0) is 43.0. The third-order valence-electron chi connectivity index (χ3n) is 8.75. The van der Waals surface area contributed by atoms with Gasteiger partial charge in [0.15, 0.2) is 0 Å². The van der Waals surface area contributed by atoms with Gasteiger partial charge in [-0.15, -0.1) is 0 Å². The van der Waals surface area contributed by atoms with E-state index in [2.05, 4.69) is 56.2 Å². The van der Waals surface area contributed by atoms with Crippen molar-refractivity contribution in [3.8, 4) is 22.6 Å². The number of hydrogen-bond acceptors (Lipinski definition) is 11. The number of rotatable bonds is 6. The third-order valence-corrected chi connectivity index (χ3v) is 8.75. The normalized spacial score (nSPS) is 11.5. The molecule has 0 radical (unpaired) electrons. The molecule has 15 heteroatoms. The molecule has 60 heavy (non-hydrogen) atoms. The number of carbonyl (C=O) groups is 2. The number of amides is 2. The Morgan fingerprint density at radius 3 is 1.57 bits per heavy atom.